The lowest BCUT2D eigenvalue weighted by atomic mass is 9.73. The summed E-state index contributed by atoms with van der Waals surface area (Å²) >= 11 is 0. The van der Waals surface area contributed by atoms with Gasteiger partial charge in [-0.05, 0) is 17.5 Å². The standard InChI is InChI=1S/C25H24N2O5/c1-29-19-10-9-16(23(30-2)24(19)31-3)21-17(13-26)25(27)32-20-12-15(11-18(28)22(20)21)14-7-5-4-6-8-14/h4-10,15,21H,11-12,27H2,1-3H3/t15-,21+/m1/s1. The Morgan fingerprint density at radius 3 is 2.34 bits per heavy atom. The van der Waals surface area contributed by atoms with E-state index in [2.05, 4.69) is 6.07 Å². The summed E-state index contributed by atoms with van der Waals surface area (Å²) in [7, 11) is 4.53. The molecule has 1 heterocycles. The normalized spacial score (nSPS) is 20.2. The van der Waals surface area contributed by atoms with Crippen LogP contribution in [0.3, 0.4) is 0 Å². The Morgan fingerprint density at radius 2 is 1.72 bits per heavy atom. The molecule has 0 radical (unpaired) electrons. The highest BCUT2D eigenvalue weighted by molar-refractivity contribution is 6.00. The molecular formula is C25H24N2O5. The van der Waals surface area contributed by atoms with Crippen molar-refractivity contribution in [1.82, 2.24) is 0 Å². The van der Waals surface area contributed by atoms with Crippen molar-refractivity contribution in [3.8, 4) is 23.3 Å². The number of nitrogens with two attached hydrogens (primary N) is 1. The van der Waals surface area contributed by atoms with Crippen LogP contribution in [0.5, 0.6) is 17.2 Å². The maximum absolute atomic E-state index is 13.4. The van der Waals surface area contributed by atoms with Crippen LogP contribution < -0.4 is 19.9 Å². The Balaban J connectivity index is 1.87. The van der Waals surface area contributed by atoms with Gasteiger partial charge in [0.15, 0.2) is 17.3 Å². The number of methoxy groups -OCH3 is 3. The summed E-state index contributed by atoms with van der Waals surface area (Å²) in [6.07, 6.45) is 0.827. The number of nitrogens with zero attached hydrogens (tertiary/aromatic N) is 1. The van der Waals surface area contributed by atoms with E-state index >= 15 is 0 Å². The van der Waals surface area contributed by atoms with Crippen molar-refractivity contribution in [2.24, 2.45) is 5.73 Å². The van der Waals surface area contributed by atoms with Crippen LogP contribution in [0, 0.1) is 11.3 Å². The Hall–Kier alpha value is -3.92. The molecule has 0 aromatic heterocycles. The molecule has 0 spiro atoms. The molecule has 4 rings (SSSR count). The number of ether oxygens (including phenoxy) is 4. The third kappa shape index (κ3) is 3.44. The number of Topliss-reactive ketones (excluding diaryl/α,β-unsaturated/α-hetero) is 1. The molecule has 2 N–H and O–H groups in total. The van der Waals surface area contributed by atoms with Gasteiger partial charge < -0.3 is 24.7 Å². The average molecular weight is 432 g/mol. The van der Waals surface area contributed by atoms with Crippen LogP contribution in [-0.2, 0) is 9.53 Å². The zero-order valence-electron chi connectivity index (χ0n) is 18.2. The molecule has 7 heteroatoms. The van der Waals surface area contributed by atoms with Gasteiger partial charge in [0, 0.05) is 24.0 Å². The van der Waals surface area contributed by atoms with E-state index in [9.17, 15) is 10.1 Å². The maximum Gasteiger partial charge on any atom is 0.205 e. The van der Waals surface area contributed by atoms with Crippen molar-refractivity contribution in [1.29, 1.82) is 5.26 Å². The van der Waals surface area contributed by atoms with Crippen LogP contribution in [0.1, 0.15) is 35.8 Å². The second kappa shape index (κ2) is 8.67. The quantitative estimate of drug-likeness (QED) is 0.764. The van der Waals surface area contributed by atoms with E-state index in [4.69, 9.17) is 24.7 Å². The summed E-state index contributed by atoms with van der Waals surface area (Å²) in [5.41, 5.74) is 8.42. The van der Waals surface area contributed by atoms with Crippen molar-refractivity contribution >= 4 is 5.78 Å². The van der Waals surface area contributed by atoms with E-state index in [0.717, 1.165) is 5.56 Å². The first-order chi connectivity index (χ1) is 15.5. The molecule has 32 heavy (non-hydrogen) atoms. The van der Waals surface area contributed by atoms with Crippen LogP contribution in [0.2, 0.25) is 0 Å². The fourth-order valence-electron chi connectivity index (χ4n) is 4.53. The molecule has 2 aromatic carbocycles. The minimum atomic E-state index is -0.720. The number of hydrogen-bond acceptors (Lipinski definition) is 7. The third-order valence-electron chi connectivity index (χ3n) is 5.98. The summed E-state index contributed by atoms with van der Waals surface area (Å²) in [4.78, 5) is 13.4. The Bertz CT molecular complexity index is 1160. The first-order valence-electron chi connectivity index (χ1n) is 10.2. The van der Waals surface area contributed by atoms with E-state index in [1.54, 1.807) is 12.1 Å². The van der Waals surface area contributed by atoms with E-state index in [-0.39, 0.29) is 23.2 Å². The second-order valence-corrected chi connectivity index (χ2v) is 7.62. The average Bonchev–Trinajstić information content (AvgIpc) is 2.82. The lowest BCUT2D eigenvalue weighted by Gasteiger charge is -2.34. The molecule has 0 saturated carbocycles. The van der Waals surface area contributed by atoms with Gasteiger partial charge in [-0.25, -0.2) is 0 Å². The minimum Gasteiger partial charge on any atom is -0.493 e. The van der Waals surface area contributed by atoms with Crippen molar-refractivity contribution in [2.45, 2.75) is 24.7 Å². The molecular weight excluding hydrogens is 408 g/mol. The number of hydrogen-bond donors (Lipinski definition) is 1. The Labute approximate surface area is 186 Å². The smallest absolute Gasteiger partial charge is 0.205 e. The van der Waals surface area contributed by atoms with E-state index in [1.165, 1.54) is 21.3 Å². The van der Waals surface area contributed by atoms with Crippen LogP contribution >= 0.6 is 0 Å². The van der Waals surface area contributed by atoms with E-state index < -0.39 is 5.92 Å². The molecule has 0 saturated heterocycles. The number of benzene rings is 2. The number of rotatable bonds is 5. The van der Waals surface area contributed by atoms with Crippen molar-refractivity contribution < 1.29 is 23.7 Å². The maximum atomic E-state index is 13.4. The SMILES string of the molecule is COc1ccc([C@H]2C(C#N)=C(N)OC3=C2C(=O)C[C@@H](c2ccccc2)C3)c(OC)c1OC. The lowest BCUT2D eigenvalue weighted by Crippen LogP contribution is -2.30. The van der Waals surface area contributed by atoms with Crippen LogP contribution in [-0.4, -0.2) is 27.1 Å². The molecule has 2 atom stereocenters. The van der Waals surface area contributed by atoms with Gasteiger partial charge in [0.1, 0.15) is 17.4 Å². The summed E-state index contributed by atoms with van der Waals surface area (Å²) in [6, 6.07) is 15.5. The molecule has 1 aliphatic carbocycles. The number of nitriles is 1. The predicted octanol–water partition coefficient (Wildman–Crippen LogP) is 3.92. The highest BCUT2D eigenvalue weighted by Gasteiger charge is 2.42. The number of carbonyl (C=O) groups excluding carboxylic acids is 1. The van der Waals surface area contributed by atoms with Gasteiger partial charge in [0.2, 0.25) is 11.6 Å². The molecule has 2 aromatic rings. The first kappa shape index (κ1) is 21.3. The van der Waals surface area contributed by atoms with Gasteiger partial charge in [0.05, 0.1) is 27.2 Å². The summed E-state index contributed by atoms with van der Waals surface area (Å²) in [5, 5.41) is 9.89. The topological polar surface area (TPSA) is 104 Å². The first-order valence-corrected chi connectivity index (χ1v) is 10.2. The molecule has 0 bridgehead atoms. The van der Waals surface area contributed by atoms with Gasteiger partial charge in [-0.15, -0.1) is 0 Å². The van der Waals surface area contributed by atoms with Crippen molar-refractivity contribution in [2.75, 3.05) is 21.3 Å². The number of ketones is 1. The Kier molecular flexibility index (Phi) is 5.78. The molecule has 0 unspecified atom stereocenters. The Morgan fingerprint density at radius 1 is 1.00 bits per heavy atom. The zero-order valence-corrected chi connectivity index (χ0v) is 18.2. The second-order valence-electron chi connectivity index (χ2n) is 7.62. The highest BCUT2D eigenvalue weighted by atomic mass is 16.5. The lowest BCUT2D eigenvalue weighted by molar-refractivity contribution is -0.117. The van der Waals surface area contributed by atoms with Crippen molar-refractivity contribution in [3.63, 3.8) is 0 Å². The fourth-order valence-corrected chi connectivity index (χ4v) is 4.53. The summed E-state index contributed by atoms with van der Waals surface area (Å²) in [5.74, 6) is 0.898. The molecule has 1 aliphatic heterocycles. The molecule has 2 aliphatic rings. The number of carbonyl (C=O) groups is 1. The minimum absolute atomic E-state index is 0.00500. The molecule has 0 fully saturated rings. The largest absolute Gasteiger partial charge is 0.493 e. The monoisotopic (exact) mass is 432 g/mol. The zero-order chi connectivity index (χ0) is 22.8. The van der Waals surface area contributed by atoms with Gasteiger partial charge in [-0.2, -0.15) is 5.26 Å². The van der Waals surface area contributed by atoms with Crippen molar-refractivity contribution in [3.05, 3.63) is 76.4 Å². The molecule has 0 amide bonds. The van der Waals surface area contributed by atoms with Crippen LogP contribution in [0.4, 0.5) is 0 Å². The van der Waals surface area contributed by atoms with Crippen LogP contribution in [0.15, 0.2) is 65.3 Å². The fraction of sp³-hybridized carbons (Fsp3) is 0.280. The van der Waals surface area contributed by atoms with E-state index in [1.807, 2.05) is 30.3 Å². The van der Waals surface area contributed by atoms with Gasteiger partial charge in [0.25, 0.3) is 0 Å². The summed E-state index contributed by atoms with van der Waals surface area (Å²) in [6.45, 7) is 0. The third-order valence-corrected chi connectivity index (χ3v) is 5.98. The molecule has 7 nitrogen and oxygen atoms in total. The van der Waals surface area contributed by atoms with Gasteiger partial charge in [-0.3, -0.25) is 4.79 Å². The predicted molar refractivity (Wildman–Crippen MR) is 117 cm³/mol. The summed E-state index contributed by atoms with van der Waals surface area (Å²) < 4.78 is 22.4. The van der Waals surface area contributed by atoms with Gasteiger partial charge >= 0.3 is 0 Å². The van der Waals surface area contributed by atoms with E-state index in [0.29, 0.717) is 47.0 Å². The van der Waals surface area contributed by atoms with Gasteiger partial charge in [-0.1, -0.05) is 36.4 Å². The highest BCUT2D eigenvalue weighted by Crippen LogP contribution is 2.51. The number of allylic oxidation sites excluding steroid dienone is 3. The molecule has 164 valence electrons. The van der Waals surface area contributed by atoms with Crippen LogP contribution in [0.25, 0.3) is 0 Å².